The number of unbranched alkanes of at least 4 members (excludes halogenated alkanes) is 3. The second-order valence-electron chi connectivity index (χ2n) is 14.4. The second-order valence-corrected chi connectivity index (χ2v) is 14.8. The SMILES string of the molecule is CN(CCOc1ccc(C(=C(CCCl)c2ccccc2)c2ccccc2)cc1)C(=O)CCCCCCC(=O)Nc1cccc2c1CN(C1CCC(=O)NC1=O)C2=O. The Hall–Kier alpha value is -5.74. The van der Waals surface area contributed by atoms with Crippen molar-refractivity contribution in [3.05, 3.63) is 131 Å². The molecular formula is C46H49ClN4O6. The zero-order valence-electron chi connectivity index (χ0n) is 32.3. The Labute approximate surface area is 339 Å². The van der Waals surface area contributed by atoms with Gasteiger partial charge in [-0.05, 0) is 77.8 Å². The van der Waals surface area contributed by atoms with Crippen molar-refractivity contribution in [1.29, 1.82) is 0 Å². The number of carbonyl (C=O) groups is 5. The number of nitrogens with zero attached hydrogens (tertiary/aromatic N) is 2. The number of hydrogen-bond acceptors (Lipinski definition) is 6. The Morgan fingerprint density at radius 1 is 0.807 bits per heavy atom. The molecule has 1 unspecified atom stereocenters. The molecule has 5 amide bonds. The number of allylic oxidation sites excluding steroid dienone is 1. The molecule has 2 aliphatic rings. The summed E-state index contributed by atoms with van der Waals surface area (Å²) >= 11 is 6.30. The monoisotopic (exact) mass is 788 g/mol. The summed E-state index contributed by atoms with van der Waals surface area (Å²) in [6.07, 6.45) is 4.94. The first-order chi connectivity index (χ1) is 27.7. The minimum atomic E-state index is -0.714. The number of imide groups is 1. The van der Waals surface area contributed by atoms with Gasteiger partial charge in [-0.2, -0.15) is 0 Å². The first kappa shape index (κ1) is 40.9. The summed E-state index contributed by atoms with van der Waals surface area (Å²) in [7, 11) is 1.79. The number of likely N-dealkylation sites (N-methyl/N-ethyl adjacent to an activating group) is 1. The van der Waals surface area contributed by atoms with Gasteiger partial charge in [0.15, 0.2) is 0 Å². The van der Waals surface area contributed by atoms with Gasteiger partial charge in [0.25, 0.3) is 5.91 Å². The standard InChI is InChI=1S/C46H49ClN4O6/c1-50(29-30-57-35-23-21-34(22-24-35)44(33-15-8-5-9-16-33)36(27-28-47)32-13-6-4-7-14-32)43(54)20-11-3-2-10-19-41(52)48-39-18-12-17-37-38(39)31-51(46(37)56)40-25-26-42(53)49-45(40)55/h4-9,12-18,21-24,40H,2-3,10-11,19-20,25-31H2,1H3,(H,48,52)(H,49,53,55). The van der Waals surface area contributed by atoms with Crippen molar-refractivity contribution in [3.8, 4) is 5.75 Å². The molecule has 0 radical (unpaired) electrons. The molecule has 11 heteroatoms. The molecule has 1 atom stereocenters. The number of nitrogens with one attached hydrogen (secondary N) is 2. The molecule has 0 bridgehead atoms. The van der Waals surface area contributed by atoms with E-state index in [1.165, 1.54) is 10.5 Å². The van der Waals surface area contributed by atoms with Gasteiger partial charge in [-0.25, -0.2) is 0 Å². The number of rotatable bonds is 18. The number of alkyl halides is 1. The van der Waals surface area contributed by atoms with Crippen LogP contribution in [-0.2, 0) is 25.7 Å². The van der Waals surface area contributed by atoms with Crippen LogP contribution in [0, 0.1) is 0 Å². The van der Waals surface area contributed by atoms with Crippen LogP contribution in [0.2, 0.25) is 0 Å². The van der Waals surface area contributed by atoms with E-state index in [0.717, 1.165) is 53.7 Å². The van der Waals surface area contributed by atoms with Gasteiger partial charge in [-0.15, -0.1) is 11.6 Å². The summed E-state index contributed by atoms with van der Waals surface area (Å²) < 4.78 is 6.04. The lowest BCUT2D eigenvalue weighted by atomic mass is 9.88. The van der Waals surface area contributed by atoms with Crippen molar-refractivity contribution >= 4 is 58.0 Å². The van der Waals surface area contributed by atoms with Crippen LogP contribution in [0.15, 0.2) is 103 Å². The van der Waals surface area contributed by atoms with Crippen LogP contribution in [0.5, 0.6) is 5.75 Å². The van der Waals surface area contributed by atoms with Crippen molar-refractivity contribution < 1.29 is 28.7 Å². The summed E-state index contributed by atoms with van der Waals surface area (Å²) in [6, 6.07) is 33.2. The first-order valence-corrected chi connectivity index (χ1v) is 20.2. The third-order valence-electron chi connectivity index (χ3n) is 10.5. The van der Waals surface area contributed by atoms with Crippen LogP contribution in [0.25, 0.3) is 11.1 Å². The maximum Gasteiger partial charge on any atom is 0.255 e. The Balaban J connectivity index is 0.905. The van der Waals surface area contributed by atoms with E-state index in [2.05, 4.69) is 47.0 Å². The minimum Gasteiger partial charge on any atom is -0.492 e. The highest BCUT2D eigenvalue weighted by atomic mass is 35.5. The molecule has 0 spiro atoms. The lowest BCUT2D eigenvalue weighted by Crippen LogP contribution is -2.52. The van der Waals surface area contributed by atoms with Crippen LogP contribution < -0.4 is 15.4 Å². The number of benzene rings is 4. The quantitative estimate of drug-likeness (QED) is 0.0458. The predicted molar refractivity (Wildman–Crippen MR) is 223 cm³/mol. The highest BCUT2D eigenvalue weighted by Crippen LogP contribution is 2.36. The van der Waals surface area contributed by atoms with Crippen molar-refractivity contribution in [1.82, 2.24) is 15.1 Å². The van der Waals surface area contributed by atoms with Crippen LogP contribution in [0.3, 0.4) is 0 Å². The van der Waals surface area contributed by atoms with Crippen LogP contribution in [0.1, 0.15) is 90.4 Å². The lowest BCUT2D eigenvalue weighted by molar-refractivity contribution is -0.137. The van der Waals surface area contributed by atoms with E-state index in [0.29, 0.717) is 55.1 Å². The summed E-state index contributed by atoms with van der Waals surface area (Å²) in [5.41, 5.74) is 7.34. The summed E-state index contributed by atoms with van der Waals surface area (Å²) in [6.45, 7) is 1.02. The summed E-state index contributed by atoms with van der Waals surface area (Å²) in [5.74, 6) is 0.0447. The van der Waals surface area contributed by atoms with E-state index in [-0.39, 0.29) is 43.0 Å². The molecule has 57 heavy (non-hydrogen) atoms. The molecule has 0 aromatic heterocycles. The zero-order chi connectivity index (χ0) is 40.1. The van der Waals surface area contributed by atoms with E-state index in [1.54, 1.807) is 30.1 Å². The smallest absolute Gasteiger partial charge is 0.255 e. The van der Waals surface area contributed by atoms with Crippen molar-refractivity contribution in [2.45, 2.75) is 70.4 Å². The van der Waals surface area contributed by atoms with E-state index in [9.17, 15) is 24.0 Å². The Bertz CT molecular complexity index is 2090. The number of halogens is 1. The number of fused-ring (bicyclic) bond motifs is 1. The maximum atomic E-state index is 13.1. The van der Waals surface area contributed by atoms with Crippen LogP contribution in [-0.4, -0.2) is 71.5 Å². The molecule has 10 nitrogen and oxygen atoms in total. The number of anilines is 1. The van der Waals surface area contributed by atoms with Crippen LogP contribution >= 0.6 is 11.6 Å². The second kappa shape index (κ2) is 19.9. The molecule has 1 saturated heterocycles. The fourth-order valence-electron chi connectivity index (χ4n) is 7.43. The Kier molecular flexibility index (Phi) is 14.3. The Morgan fingerprint density at radius 3 is 2.16 bits per heavy atom. The molecule has 0 aliphatic carbocycles. The van der Waals surface area contributed by atoms with Gasteiger partial charge in [0.2, 0.25) is 23.6 Å². The molecule has 2 heterocycles. The molecule has 6 rings (SSSR count). The molecule has 4 aromatic carbocycles. The van der Waals surface area contributed by atoms with E-state index in [1.807, 2.05) is 48.5 Å². The molecule has 2 N–H and O–H groups in total. The highest BCUT2D eigenvalue weighted by Gasteiger charge is 2.40. The van der Waals surface area contributed by atoms with Gasteiger partial charge in [-0.3, -0.25) is 29.3 Å². The van der Waals surface area contributed by atoms with E-state index < -0.39 is 11.9 Å². The average molecular weight is 789 g/mol. The molecule has 1 fully saturated rings. The molecule has 0 saturated carbocycles. The Morgan fingerprint density at radius 2 is 1.47 bits per heavy atom. The number of piperidine rings is 1. The maximum absolute atomic E-state index is 13.1. The lowest BCUT2D eigenvalue weighted by Gasteiger charge is -2.29. The van der Waals surface area contributed by atoms with Gasteiger partial charge in [-0.1, -0.05) is 91.7 Å². The fourth-order valence-corrected chi connectivity index (χ4v) is 7.62. The zero-order valence-corrected chi connectivity index (χ0v) is 33.1. The normalized spacial score (nSPS) is 15.4. The summed E-state index contributed by atoms with van der Waals surface area (Å²) in [5, 5.41) is 5.25. The van der Waals surface area contributed by atoms with Crippen LogP contribution in [0.4, 0.5) is 5.69 Å². The van der Waals surface area contributed by atoms with Gasteiger partial charge in [0.1, 0.15) is 18.4 Å². The third kappa shape index (κ3) is 10.6. The third-order valence-corrected chi connectivity index (χ3v) is 10.7. The van der Waals surface area contributed by atoms with E-state index in [4.69, 9.17) is 16.3 Å². The molecule has 296 valence electrons. The largest absolute Gasteiger partial charge is 0.492 e. The van der Waals surface area contributed by atoms with Gasteiger partial charge < -0.3 is 19.9 Å². The number of amides is 5. The average Bonchev–Trinajstić information content (AvgIpc) is 3.56. The van der Waals surface area contributed by atoms with Gasteiger partial charge in [0.05, 0.1) is 6.54 Å². The minimum absolute atomic E-state index is 0.0518. The van der Waals surface area contributed by atoms with Gasteiger partial charge in [0, 0.05) is 55.5 Å². The van der Waals surface area contributed by atoms with E-state index >= 15 is 0 Å². The molecule has 2 aliphatic heterocycles. The summed E-state index contributed by atoms with van der Waals surface area (Å²) in [4.78, 5) is 65.9. The number of carbonyl (C=O) groups excluding carboxylic acids is 5. The van der Waals surface area contributed by atoms with Crippen molar-refractivity contribution in [2.24, 2.45) is 0 Å². The highest BCUT2D eigenvalue weighted by molar-refractivity contribution is 6.18. The number of hydrogen-bond donors (Lipinski definition) is 2. The van der Waals surface area contributed by atoms with Crippen molar-refractivity contribution in [2.75, 3.05) is 31.4 Å². The fraction of sp³-hybridized carbons (Fsp3) is 0.326. The van der Waals surface area contributed by atoms with Crippen molar-refractivity contribution in [3.63, 3.8) is 0 Å². The molecular weight excluding hydrogens is 740 g/mol. The topological polar surface area (TPSA) is 125 Å². The van der Waals surface area contributed by atoms with Gasteiger partial charge >= 0.3 is 0 Å². The molecule has 4 aromatic rings. The predicted octanol–water partition coefficient (Wildman–Crippen LogP) is 7.85. The first-order valence-electron chi connectivity index (χ1n) is 19.7. The number of ether oxygens (including phenoxy) is 1.